The maximum atomic E-state index is 10.7. The molecule has 0 radical (unpaired) electrons. The van der Waals surface area contributed by atoms with E-state index in [1.54, 1.807) is 0 Å². The van der Waals surface area contributed by atoms with Crippen LogP contribution in [0.2, 0.25) is 0 Å². The first-order chi connectivity index (χ1) is 6.69. The van der Waals surface area contributed by atoms with E-state index in [-0.39, 0.29) is 11.3 Å². The number of carboxylic acid groups (broad SMARTS) is 1. The van der Waals surface area contributed by atoms with E-state index >= 15 is 0 Å². The van der Waals surface area contributed by atoms with Gasteiger partial charge in [0.05, 0.1) is 7.11 Å². The Morgan fingerprint density at radius 2 is 2.36 bits per heavy atom. The van der Waals surface area contributed by atoms with Crippen LogP contribution < -0.4 is 4.74 Å². The summed E-state index contributed by atoms with van der Waals surface area (Å²) in [7, 11) is 1.35. The van der Waals surface area contributed by atoms with Crippen molar-refractivity contribution in [2.75, 3.05) is 7.11 Å². The van der Waals surface area contributed by atoms with Crippen LogP contribution in [0.3, 0.4) is 0 Å². The molecule has 0 aromatic heterocycles. The topological polar surface area (TPSA) is 95.3 Å². The van der Waals surface area contributed by atoms with Gasteiger partial charge in [0.2, 0.25) is 0 Å². The largest absolute Gasteiger partial charge is 0.496 e. The molecule has 6 heteroatoms. The second-order valence-corrected chi connectivity index (χ2v) is 2.38. The van der Waals surface area contributed by atoms with Crippen LogP contribution in [0.15, 0.2) is 23.3 Å². The molecule has 1 rings (SSSR count). The SMILES string of the molecule is COc1cc(N=[N+]=[N-])ccc1C(=O)O. The summed E-state index contributed by atoms with van der Waals surface area (Å²) in [5.41, 5.74) is 8.51. The number of aromatic carboxylic acids is 1. The predicted molar refractivity (Wildman–Crippen MR) is 48.8 cm³/mol. The fraction of sp³-hybridized carbons (Fsp3) is 0.125. The fourth-order valence-corrected chi connectivity index (χ4v) is 0.970. The van der Waals surface area contributed by atoms with Crippen molar-refractivity contribution in [3.05, 3.63) is 34.2 Å². The zero-order valence-electron chi connectivity index (χ0n) is 7.34. The number of methoxy groups -OCH3 is 1. The number of ether oxygens (including phenoxy) is 1. The molecule has 0 unspecified atom stereocenters. The third-order valence-electron chi connectivity index (χ3n) is 1.58. The van der Waals surface area contributed by atoms with E-state index in [4.69, 9.17) is 15.4 Å². The summed E-state index contributed by atoms with van der Waals surface area (Å²) < 4.78 is 4.83. The van der Waals surface area contributed by atoms with Gasteiger partial charge in [-0.25, -0.2) is 4.79 Å². The molecular formula is C8H7N3O3. The Morgan fingerprint density at radius 1 is 1.64 bits per heavy atom. The van der Waals surface area contributed by atoms with Gasteiger partial charge in [0.15, 0.2) is 0 Å². The third-order valence-corrected chi connectivity index (χ3v) is 1.58. The third kappa shape index (κ3) is 1.94. The second-order valence-electron chi connectivity index (χ2n) is 2.38. The number of hydrogen-bond acceptors (Lipinski definition) is 3. The molecule has 0 fully saturated rings. The highest BCUT2D eigenvalue weighted by Crippen LogP contribution is 2.24. The van der Waals surface area contributed by atoms with E-state index in [0.29, 0.717) is 5.69 Å². The molecule has 0 aliphatic carbocycles. The minimum atomic E-state index is -1.09. The summed E-state index contributed by atoms with van der Waals surface area (Å²) in [5.74, 6) is -0.920. The first-order valence-electron chi connectivity index (χ1n) is 3.65. The smallest absolute Gasteiger partial charge is 0.339 e. The van der Waals surface area contributed by atoms with E-state index in [2.05, 4.69) is 10.0 Å². The lowest BCUT2D eigenvalue weighted by Gasteiger charge is -2.04. The number of benzene rings is 1. The molecule has 0 aliphatic heterocycles. The Morgan fingerprint density at radius 3 is 2.86 bits per heavy atom. The van der Waals surface area contributed by atoms with Crippen LogP contribution in [-0.2, 0) is 0 Å². The molecule has 0 bridgehead atoms. The molecule has 0 spiro atoms. The van der Waals surface area contributed by atoms with Gasteiger partial charge < -0.3 is 9.84 Å². The minimum Gasteiger partial charge on any atom is -0.496 e. The Labute approximate surface area is 79.4 Å². The number of carbonyl (C=O) groups is 1. The van der Waals surface area contributed by atoms with Crippen LogP contribution in [0.5, 0.6) is 5.75 Å². The van der Waals surface area contributed by atoms with Crippen LogP contribution in [0.1, 0.15) is 10.4 Å². The molecule has 0 aliphatic rings. The molecule has 0 heterocycles. The lowest BCUT2D eigenvalue weighted by Crippen LogP contribution is -1.99. The van der Waals surface area contributed by atoms with Crippen molar-refractivity contribution in [1.82, 2.24) is 0 Å². The first kappa shape index (κ1) is 9.88. The molecule has 1 aromatic carbocycles. The molecule has 1 aromatic rings. The van der Waals surface area contributed by atoms with Crippen molar-refractivity contribution in [1.29, 1.82) is 0 Å². The molecule has 1 N–H and O–H groups in total. The molecule has 14 heavy (non-hydrogen) atoms. The zero-order valence-corrected chi connectivity index (χ0v) is 7.34. The predicted octanol–water partition coefficient (Wildman–Crippen LogP) is 2.34. The van der Waals surface area contributed by atoms with Crippen molar-refractivity contribution in [3.63, 3.8) is 0 Å². The van der Waals surface area contributed by atoms with Crippen molar-refractivity contribution in [2.24, 2.45) is 5.11 Å². The van der Waals surface area contributed by atoms with Crippen LogP contribution >= 0.6 is 0 Å². The summed E-state index contributed by atoms with van der Waals surface area (Å²) in [5, 5.41) is 12.1. The maximum absolute atomic E-state index is 10.7. The fourth-order valence-electron chi connectivity index (χ4n) is 0.970. The number of nitrogens with zero attached hydrogens (tertiary/aromatic N) is 3. The van der Waals surface area contributed by atoms with Gasteiger partial charge in [0.1, 0.15) is 11.3 Å². The number of azide groups is 1. The molecule has 6 nitrogen and oxygen atoms in total. The highest BCUT2D eigenvalue weighted by atomic mass is 16.5. The van der Waals surface area contributed by atoms with Gasteiger partial charge in [0.25, 0.3) is 0 Å². The van der Waals surface area contributed by atoms with Crippen molar-refractivity contribution >= 4 is 11.7 Å². The first-order valence-corrected chi connectivity index (χ1v) is 3.65. The Bertz CT molecular complexity index is 410. The quantitative estimate of drug-likeness (QED) is 0.453. The van der Waals surface area contributed by atoms with Crippen molar-refractivity contribution in [3.8, 4) is 5.75 Å². The van der Waals surface area contributed by atoms with Gasteiger partial charge in [-0.3, -0.25) is 0 Å². The van der Waals surface area contributed by atoms with E-state index in [0.717, 1.165) is 0 Å². The Kier molecular flexibility index (Phi) is 2.93. The summed E-state index contributed by atoms with van der Waals surface area (Å²) in [6.07, 6.45) is 0. The Hall–Kier alpha value is -2.20. The average molecular weight is 193 g/mol. The highest BCUT2D eigenvalue weighted by Gasteiger charge is 2.10. The summed E-state index contributed by atoms with van der Waals surface area (Å²) >= 11 is 0. The van der Waals surface area contributed by atoms with Gasteiger partial charge in [-0.05, 0) is 17.7 Å². The summed E-state index contributed by atoms with van der Waals surface area (Å²) in [4.78, 5) is 13.2. The molecule has 0 atom stereocenters. The molecule has 0 saturated heterocycles. The number of hydrogen-bond donors (Lipinski definition) is 1. The van der Waals surface area contributed by atoms with E-state index in [1.807, 2.05) is 0 Å². The minimum absolute atomic E-state index is 0.0318. The van der Waals surface area contributed by atoms with Crippen LogP contribution in [0.25, 0.3) is 10.4 Å². The molecule has 0 amide bonds. The summed E-state index contributed by atoms with van der Waals surface area (Å²) in [6, 6.07) is 4.10. The molecular weight excluding hydrogens is 186 g/mol. The maximum Gasteiger partial charge on any atom is 0.339 e. The van der Waals surface area contributed by atoms with Gasteiger partial charge in [-0.2, -0.15) is 0 Å². The summed E-state index contributed by atoms with van der Waals surface area (Å²) in [6.45, 7) is 0. The normalized spacial score (nSPS) is 8.93. The number of carboxylic acids is 1. The van der Waals surface area contributed by atoms with Gasteiger partial charge in [0, 0.05) is 10.6 Å². The van der Waals surface area contributed by atoms with Crippen LogP contribution in [0, 0.1) is 0 Å². The average Bonchev–Trinajstić information content (AvgIpc) is 2.17. The van der Waals surface area contributed by atoms with Crippen LogP contribution in [0.4, 0.5) is 5.69 Å². The van der Waals surface area contributed by atoms with Gasteiger partial charge >= 0.3 is 5.97 Å². The molecule has 0 saturated carbocycles. The Balaban J connectivity index is 3.24. The van der Waals surface area contributed by atoms with Crippen molar-refractivity contribution in [2.45, 2.75) is 0 Å². The van der Waals surface area contributed by atoms with Gasteiger partial charge in [-0.15, -0.1) is 0 Å². The second kappa shape index (κ2) is 4.15. The lowest BCUT2D eigenvalue weighted by molar-refractivity contribution is 0.0693. The van der Waals surface area contributed by atoms with E-state index < -0.39 is 5.97 Å². The van der Waals surface area contributed by atoms with Crippen molar-refractivity contribution < 1.29 is 14.6 Å². The van der Waals surface area contributed by atoms with Gasteiger partial charge in [-0.1, -0.05) is 11.2 Å². The monoisotopic (exact) mass is 193 g/mol. The molecule has 72 valence electrons. The highest BCUT2D eigenvalue weighted by molar-refractivity contribution is 5.91. The number of rotatable bonds is 3. The van der Waals surface area contributed by atoms with Crippen LogP contribution in [-0.4, -0.2) is 18.2 Å². The standard InChI is InChI=1S/C8H7N3O3/c1-14-7-4-5(10-11-9)2-3-6(7)8(12)13/h2-4H,1H3,(H,12,13). The van der Waals surface area contributed by atoms with E-state index in [1.165, 1.54) is 25.3 Å². The lowest BCUT2D eigenvalue weighted by atomic mass is 10.2. The van der Waals surface area contributed by atoms with E-state index in [9.17, 15) is 4.79 Å². The zero-order chi connectivity index (χ0) is 10.6.